The van der Waals surface area contributed by atoms with Crippen LogP contribution in [0, 0.1) is 5.92 Å². The molecule has 4 heteroatoms. The van der Waals surface area contributed by atoms with Crippen molar-refractivity contribution in [2.45, 2.75) is 32.6 Å². The average molecular weight is 389 g/mol. The minimum atomic E-state index is 0.143. The van der Waals surface area contributed by atoms with E-state index in [1.54, 1.807) is 0 Å². The third-order valence-corrected chi connectivity index (χ3v) is 5.06. The van der Waals surface area contributed by atoms with Gasteiger partial charge in [0.25, 0.3) is 5.91 Å². The monoisotopic (exact) mass is 387 g/mol. The largest absolute Gasteiger partial charge is 0.339 e. The fourth-order valence-electron chi connectivity index (χ4n) is 2.61. The predicted molar refractivity (Wildman–Crippen MR) is 85.4 cm³/mol. The standard InChI is InChI=1S/C15H19Br2NO/c1-2-11-4-3-8-18(9-7-11)15(19)13-10-12(16)5-6-14(13)17/h5-6,10-11H,2-4,7-9H2,1H3. The smallest absolute Gasteiger partial charge is 0.255 e. The molecule has 0 spiro atoms. The van der Waals surface area contributed by atoms with E-state index < -0.39 is 0 Å². The number of nitrogens with zero attached hydrogens (tertiary/aromatic N) is 1. The molecule has 1 atom stereocenters. The first kappa shape index (κ1) is 15.0. The zero-order valence-electron chi connectivity index (χ0n) is 11.2. The molecule has 0 aromatic heterocycles. The Morgan fingerprint density at radius 3 is 2.84 bits per heavy atom. The molecule has 0 bridgehead atoms. The van der Waals surface area contributed by atoms with Crippen LogP contribution in [0.1, 0.15) is 43.0 Å². The van der Waals surface area contributed by atoms with E-state index in [4.69, 9.17) is 0 Å². The molecule has 1 saturated heterocycles. The van der Waals surface area contributed by atoms with Crippen molar-refractivity contribution in [1.29, 1.82) is 0 Å². The molecule has 1 unspecified atom stereocenters. The van der Waals surface area contributed by atoms with Crippen molar-refractivity contribution in [1.82, 2.24) is 4.90 Å². The highest BCUT2D eigenvalue weighted by Gasteiger charge is 2.22. The topological polar surface area (TPSA) is 20.3 Å². The normalized spacial score (nSPS) is 20.2. The summed E-state index contributed by atoms with van der Waals surface area (Å²) in [6.07, 6.45) is 4.73. The number of hydrogen-bond donors (Lipinski definition) is 0. The first-order chi connectivity index (χ1) is 9.11. The first-order valence-electron chi connectivity index (χ1n) is 6.86. The van der Waals surface area contributed by atoms with E-state index in [2.05, 4.69) is 38.8 Å². The number of benzene rings is 1. The van der Waals surface area contributed by atoms with E-state index in [9.17, 15) is 4.79 Å². The number of halogens is 2. The molecule has 19 heavy (non-hydrogen) atoms. The van der Waals surface area contributed by atoms with Gasteiger partial charge in [-0.25, -0.2) is 0 Å². The van der Waals surface area contributed by atoms with Gasteiger partial charge in [-0.05, 0) is 59.3 Å². The number of hydrogen-bond acceptors (Lipinski definition) is 1. The number of amides is 1. The van der Waals surface area contributed by atoms with Crippen LogP contribution >= 0.6 is 31.9 Å². The summed E-state index contributed by atoms with van der Waals surface area (Å²) in [5, 5.41) is 0. The second-order valence-electron chi connectivity index (χ2n) is 5.12. The fraction of sp³-hybridized carbons (Fsp3) is 0.533. The highest BCUT2D eigenvalue weighted by atomic mass is 79.9. The Kier molecular flexibility index (Phi) is 5.46. The molecule has 0 N–H and O–H groups in total. The highest BCUT2D eigenvalue weighted by molar-refractivity contribution is 9.11. The molecular formula is C15H19Br2NO. The maximum atomic E-state index is 12.6. The minimum absolute atomic E-state index is 0.143. The van der Waals surface area contributed by atoms with E-state index in [-0.39, 0.29) is 5.91 Å². The number of likely N-dealkylation sites (tertiary alicyclic amines) is 1. The van der Waals surface area contributed by atoms with Crippen LogP contribution < -0.4 is 0 Å². The lowest BCUT2D eigenvalue weighted by Gasteiger charge is -2.21. The summed E-state index contributed by atoms with van der Waals surface area (Å²) in [5.41, 5.74) is 0.754. The molecule has 104 valence electrons. The summed E-state index contributed by atoms with van der Waals surface area (Å²) in [4.78, 5) is 14.6. The Morgan fingerprint density at radius 1 is 1.32 bits per heavy atom. The lowest BCUT2D eigenvalue weighted by atomic mass is 9.98. The molecule has 2 nitrogen and oxygen atoms in total. The van der Waals surface area contributed by atoms with Gasteiger partial charge < -0.3 is 4.90 Å². The molecule has 1 amide bonds. The van der Waals surface area contributed by atoms with E-state index in [0.29, 0.717) is 0 Å². The van der Waals surface area contributed by atoms with Crippen LogP contribution in [0.4, 0.5) is 0 Å². The predicted octanol–water partition coefficient (Wildman–Crippen LogP) is 4.86. The van der Waals surface area contributed by atoms with Gasteiger partial charge in [-0.1, -0.05) is 29.3 Å². The quantitative estimate of drug-likeness (QED) is 0.708. The number of carbonyl (C=O) groups is 1. The van der Waals surface area contributed by atoms with Crippen molar-refractivity contribution < 1.29 is 4.79 Å². The summed E-state index contributed by atoms with van der Waals surface area (Å²) in [6.45, 7) is 4.01. The summed E-state index contributed by atoms with van der Waals surface area (Å²) >= 11 is 6.91. The van der Waals surface area contributed by atoms with E-state index in [0.717, 1.165) is 46.4 Å². The van der Waals surface area contributed by atoms with Crippen molar-refractivity contribution in [3.63, 3.8) is 0 Å². The van der Waals surface area contributed by atoms with E-state index >= 15 is 0 Å². The second-order valence-corrected chi connectivity index (χ2v) is 6.89. The molecule has 1 aromatic rings. The third kappa shape index (κ3) is 3.82. The Balaban J connectivity index is 2.13. The molecule has 1 aliphatic rings. The first-order valence-corrected chi connectivity index (χ1v) is 8.44. The van der Waals surface area contributed by atoms with Gasteiger partial charge in [-0.15, -0.1) is 0 Å². The molecule has 1 heterocycles. The van der Waals surface area contributed by atoms with Crippen LogP contribution in [0.2, 0.25) is 0 Å². The lowest BCUT2D eigenvalue weighted by Crippen LogP contribution is -2.32. The van der Waals surface area contributed by atoms with Crippen molar-refractivity contribution in [2.75, 3.05) is 13.1 Å². The number of rotatable bonds is 2. The molecule has 0 radical (unpaired) electrons. The Morgan fingerprint density at radius 2 is 2.11 bits per heavy atom. The van der Waals surface area contributed by atoms with Gasteiger partial charge in [-0.3, -0.25) is 4.79 Å². The Hall–Kier alpha value is -0.350. The van der Waals surface area contributed by atoms with Gasteiger partial charge in [0.15, 0.2) is 0 Å². The molecule has 2 rings (SSSR count). The summed E-state index contributed by atoms with van der Waals surface area (Å²) in [7, 11) is 0. The minimum Gasteiger partial charge on any atom is -0.339 e. The molecule has 0 saturated carbocycles. The third-order valence-electron chi connectivity index (χ3n) is 3.87. The van der Waals surface area contributed by atoms with E-state index in [1.165, 1.54) is 12.8 Å². The fourth-order valence-corrected chi connectivity index (χ4v) is 3.39. The average Bonchev–Trinajstić information content (AvgIpc) is 2.66. The van der Waals surface area contributed by atoms with E-state index in [1.807, 2.05) is 23.1 Å². The number of carbonyl (C=O) groups excluding carboxylic acids is 1. The molecule has 1 fully saturated rings. The molecule has 1 aromatic carbocycles. The molecular weight excluding hydrogens is 370 g/mol. The molecule has 1 aliphatic heterocycles. The second kappa shape index (κ2) is 6.89. The van der Waals surface area contributed by atoms with Crippen molar-refractivity contribution >= 4 is 37.8 Å². The van der Waals surface area contributed by atoms with Crippen LogP contribution in [0.3, 0.4) is 0 Å². The van der Waals surface area contributed by atoms with Crippen LogP contribution in [0.5, 0.6) is 0 Å². The van der Waals surface area contributed by atoms with Crippen molar-refractivity contribution in [3.8, 4) is 0 Å². The summed E-state index contributed by atoms with van der Waals surface area (Å²) in [5.74, 6) is 0.925. The summed E-state index contributed by atoms with van der Waals surface area (Å²) in [6, 6.07) is 5.76. The van der Waals surface area contributed by atoms with Crippen molar-refractivity contribution in [3.05, 3.63) is 32.7 Å². The van der Waals surface area contributed by atoms with Gasteiger partial charge >= 0.3 is 0 Å². The molecule has 0 aliphatic carbocycles. The summed E-state index contributed by atoms with van der Waals surface area (Å²) < 4.78 is 1.82. The zero-order valence-corrected chi connectivity index (χ0v) is 14.3. The van der Waals surface area contributed by atoms with Crippen LogP contribution in [0.25, 0.3) is 0 Å². The van der Waals surface area contributed by atoms with Crippen LogP contribution in [-0.4, -0.2) is 23.9 Å². The SMILES string of the molecule is CCC1CCCN(C(=O)c2cc(Br)ccc2Br)CC1. The zero-order chi connectivity index (χ0) is 13.8. The van der Waals surface area contributed by atoms with Crippen LogP contribution in [-0.2, 0) is 0 Å². The van der Waals surface area contributed by atoms with Gasteiger partial charge in [0.1, 0.15) is 0 Å². The van der Waals surface area contributed by atoms with Gasteiger partial charge in [0, 0.05) is 22.0 Å². The van der Waals surface area contributed by atoms with Gasteiger partial charge in [-0.2, -0.15) is 0 Å². The maximum Gasteiger partial charge on any atom is 0.255 e. The van der Waals surface area contributed by atoms with Gasteiger partial charge in [0.2, 0.25) is 0 Å². The lowest BCUT2D eigenvalue weighted by molar-refractivity contribution is 0.0759. The van der Waals surface area contributed by atoms with Crippen LogP contribution in [0.15, 0.2) is 27.1 Å². The Labute approximate surface area is 131 Å². The van der Waals surface area contributed by atoms with Gasteiger partial charge in [0.05, 0.1) is 5.56 Å². The highest BCUT2D eigenvalue weighted by Crippen LogP contribution is 2.25. The Bertz CT molecular complexity index is 461. The maximum absolute atomic E-state index is 12.6. The van der Waals surface area contributed by atoms with Crippen molar-refractivity contribution in [2.24, 2.45) is 5.92 Å².